The molecule has 2 aromatic rings. The molecule has 22 heavy (non-hydrogen) atoms. The highest BCUT2D eigenvalue weighted by atomic mass is 32.1. The summed E-state index contributed by atoms with van der Waals surface area (Å²) in [7, 11) is 0. The molecule has 0 aromatic carbocycles. The maximum atomic E-state index is 5.83. The Morgan fingerprint density at radius 1 is 1.27 bits per heavy atom. The van der Waals surface area contributed by atoms with Crippen LogP contribution in [-0.2, 0) is 0 Å². The van der Waals surface area contributed by atoms with Crippen LogP contribution in [0.4, 0.5) is 11.9 Å². The van der Waals surface area contributed by atoms with E-state index < -0.39 is 0 Å². The second kappa shape index (κ2) is 5.49. The standard InChI is InChI=1S/C15H18N6S/c1-10-9-15(2,3)21(20-10)14-18-12(17-13(16)19-14)7-6-11-5-4-8-22-11/h4-8H,9H2,1-3H3,(H2,16,17,18,19)/b7-6-. The second-order valence-corrected chi connectivity index (χ2v) is 6.82. The number of rotatable bonds is 3. The van der Waals surface area contributed by atoms with Crippen LogP contribution in [0.15, 0.2) is 22.6 Å². The number of hydrogen-bond acceptors (Lipinski definition) is 7. The summed E-state index contributed by atoms with van der Waals surface area (Å²) in [5, 5.41) is 8.37. The van der Waals surface area contributed by atoms with Crippen molar-refractivity contribution >= 4 is 41.1 Å². The van der Waals surface area contributed by atoms with E-state index in [1.807, 2.05) is 41.6 Å². The van der Waals surface area contributed by atoms with Gasteiger partial charge in [0.15, 0.2) is 5.82 Å². The van der Waals surface area contributed by atoms with Gasteiger partial charge >= 0.3 is 0 Å². The Bertz CT molecular complexity index is 732. The van der Waals surface area contributed by atoms with Gasteiger partial charge < -0.3 is 5.73 Å². The molecule has 0 saturated heterocycles. The average Bonchev–Trinajstić information content (AvgIpc) is 3.03. The fraction of sp³-hybridized carbons (Fsp3) is 0.333. The van der Waals surface area contributed by atoms with E-state index in [2.05, 4.69) is 33.9 Å². The van der Waals surface area contributed by atoms with Gasteiger partial charge in [-0.15, -0.1) is 11.3 Å². The number of hydrogen-bond donors (Lipinski definition) is 1. The smallest absolute Gasteiger partial charge is 0.252 e. The van der Waals surface area contributed by atoms with Crippen molar-refractivity contribution in [3.63, 3.8) is 0 Å². The summed E-state index contributed by atoms with van der Waals surface area (Å²) in [6.45, 7) is 6.21. The van der Waals surface area contributed by atoms with Crippen LogP contribution in [0.2, 0.25) is 0 Å². The lowest BCUT2D eigenvalue weighted by Gasteiger charge is -2.28. The Morgan fingerprint density at radius 3 is 2.73 bits per heavy atom. The highest BCUT2D eigenvalue weighted by Crippen LogP contribution is 2.30. The minimum absolute atomic E-state index is 0.160. The van der Waals surface area contributed by atoms with Crippen LogP contribution in [0, 0.1) is 0 Å². The zero-order chi connectivity index (χ0) is 15.7. The monoisotopic (exact) mass is 314 g/mol. The van der Waals surface area contributed by atoms with Crippen LogP contribution in [-0.4, -0.2) is 26.2 Å². The van der Waals surface area contributed by atoms with Gasteiger partial charge in [-0.25, -0.2) is 5.01 Å². The first-order chi connectivity index (χ1) is 10.4. The maximum absolute atomic E-state index is 5.83. The molecule has 0 spiro atoms. The van der Waals surface area contributed by atoms with Crippen molar-refractivity contribution in [3.05, 3.63) is 28.2 Å². The molecule has 2 N–H and O–H groups in total. The molecule has 1 aliphatic heterocycles. The SMILES string of the molecule is CC1=NN(c2nc(N)nc(/C=C\c3cccs3)n2)C(C)(C)C1. The maximum Gasteiger partial charge on any atom is 0.252 e. The van der Waals surface area contributed by atoms with Gasteiger partial charge in [0.1, 0.15) is 0 Å². The van der Waals surface area contributed by atoms with E-state index in [1.165, 1.54) is 0 Å². The van der Waals surface area contributed by atoms with Crippen molar-refractivity contribution in [1.29, 1.82) is 0 Å². The van der Waals surface area contributed by atoms with Gasteiger partial charge in [0.2, 0.25) is 5.95 Å². The molecule has 0 fully saturated rings. The molecule has 3 heterocycles. The summed E-state index contributed by atoms with van der Waals surface area (Å²) >= 11 is 1.65. The third kappa shape index (κ3) is 2.99. The van der Waals surface area contributed by atoms with Crippen LogP contribution in [0.5, 0.6) is 0 Å². The van der Waals surface area contributed by atoms with Gasteiger partial charge in [-0.2, -0.15) is 20.1 Å². The molecule has 0 bridgehead atoms. The van der Waals surface area contributed by atoms with Crippen molar-refractivity contribution in [2.75, 3.05) is 10.7 Å². The summed E-state index contributed by atoms with van der Waals surface area (Å²) in [6, 6.07) is 4.03. The van der Waals surface area contributed by atoms with Crippen molar-refractivity contribution in [3.8, 4) is 0 Å². The lowest BCUT2D eigenvalue weighted by molar-refractivity contribution is 0.505. The van der Waals surface area contributed by atoms with Crippen molar-refractivity contribution in [2.45, 2.75) is 32.7 Å². The molecular weight excluding hydrogens is 296 g/mol. The van der Waals surface area contributed by atoms with Gasteiger partial charge in [0, 0.05) is 17.0 Å². The minimum Gasteiger partial charge on any atom is -0.368 e. The third-order valence-electron chi connectivity index (χ3n) is 3.32. The first-order valence-electron chi connectivity index (χ1n) is 7.01. The highest BCUT2D eigenvalue weighted by molar-refractivity contribution is 7.10. The number of aromatic nitrogens is 3. The topological polar surface area (TPSA) is 80.3 Å². The molecule has 0 unspecified atom stereocenters. The van der Waals surface area contributed by atoms with Crippen molar-refractivity contribution in [1.82, 2.24) is 15.0 Å². The van der Waals surface area contributed by atoms with Crippen molar-refractivity contribution < 1.29 is 0 Å². The number of nitrogens with two attached hydrogens (primary N) is 1. The van der Waals surface area contributed by atoms with Gasteiger partial charge in [0.25, 0.3) is 5.95 Å². The molecule has 0 amide bonds. The highest BCUT2D eigenvalue weighted by Gasteiger charge is 2.35. The molecule has 3 rings (SSSR count). The fourth-order valence-corrected chi connectivity index (χ4v) is 3.09. The van der Waals surface area contributed by atoms with E-state index in [0.717, 1.165) is 17.0 Å². The van der Waals surface area contributed by atoms with E-state index in [0.29, 0.717) is 11.8 Å². The number of nitrogens with zero attached hydrogens (tertiary/aromatic N) is 5. The Balaban J connectivity index is 1.93. The number of anilines is 2. The Morgan fingerprint density at radius 2 is 2.09 bits per heavy atom. The van der Waals surface area contributed by atoms with E-state index in [-0.39, 0.29) is 11.5 Å². The van der Waals surface area contributed by atoms with Gasteiger partial charge in [-0.3, -0.25) is 0 Å². The Kier molecular flexibility index (Phi) is 3.66. The van der Waals surface area contributed by atoms with Crippen LogP contribution < -0.4 is 10.7 Å². The van der Waals surface area contributed by atoms with Crippen molar-refractivity contribution in [2.24, 2.45) is 5.10 Å². The van der Waals surface area contributed by atoms with Crippen LogP contribution in [0.1, 0.15) is 37.9 Å². The molecule has 0 radical (unpaired) electrons. The van der Waals surface area contributed by atoms with Gasteiger partial charge in [-0.1, -0.05) is 6.07 Å². The summed E-state index contributed by atoms with van der Waals surface area (Å²) < 4.78 is 0. The molecule has 0 saturated carbocycles. The van der Waals surface area contributed by atoms with E-state index in [1.54, 1.807) is 11.3 Å². The summed E-state index contributed by atoms with van der Waals surface area (Å²) in [5.41, 5.74) is 6.73. The quantitative estimate of drug-likeness (QED) is 0.941. The molecule has 1 aliphatic rings. The Labute approximate surface area is 133 Å². The van der Waals surface area contributed by atoms with E-state index in [9.17, 15) is 0 Å². The molecule has 7 heteroatoms. The number of nitrogen functional groups attached to an aromatic ring is 1. The lowest BCUT2D eigenvalue weighted by atomic mass is 9.99. The lowest BCUT2D eigenvalue weighted by Crippen LogP contribution is -2.37. The number of thiophene rings is 1. The van der Waals surface area contributed by atoms with Gasteiger partial charge in [-0.05, 0) is 44.4 Å². The molecule has 0 atom stereocenters. The summed E-state index contributed by atoms with van der Waals surface area (Å²) in [5.74, 6) is 1.22. The molecule has 0 aliphatic carbocycles. The normalized spacial score (nSPS) is 17.2. The predicted octanol–water partition coefficient (Wildman–Crippen LogP) is 3.05. The van der Waals surface area contributed by atoms with E-state index in [4.69, 9.17) is 5.73 Å². The Hall–Kier alpha value is -2.28. The third-order valence-corrected chi connectivity index (χ3v) is 4.16. The van der Waals surface area contributed by atoms with Crippen LogP contribution >= 0.6 is 11.3 Å². The van der Waals surface area contributed by atoms with Crippen LogP contribution in [0.25, 0.3) is 12.2 Å². The minimum atomic E-state index is -0.160. The summed E-state index contributed by atoms with van der Waals surface area (Å²) in [6.07, 6.45) is 4.68. The van der Waals surface area contributed by atoms with Crippen LogP contribution in [0.3, 0.4) is 0 Å². The molecule has 6 nitrogen and oxygen atoms in total. The molecule has 2 aromatic heterocycles. The second-order valence-electron chi connectivity index (χ2n) is 5.84. The predicted molar refractivity (Wildman–Crippen MR) is 91.8 cm³/mol. The molecule has 114 valence electrons. The average molecular weight is 314 g/mol. The van der Waals surface area contributed by atoms with Gasteiger partial charge in [0.05, 0.1) is 5.54 Å². The fourth-order valence-electron chi connectivity index (χ4n) is 2.47. The van der Waals surface area contributed by atoms with E-state index >= 15 is 0 Å². The first-order valence-corrected chi connectivity index (χ1v) is 7.89. The number of hydrazone groups is 1. The molecular formula is C15H18N6S. The zero-order valence-electron chi connectivity index (χ0n) is 12.8. The largest absolute Gasteiger partial charge is 0.368 e. The zero-order valence-corrected chi connectivity index (χ0v) is 13.6. The summed E-state index contributed by atoms with van der Waals surface area (Å²) in [4.78, 5) is 14.0. The first kappa shape index (κ1) is 14.6.